The molecular weight excluding hydrogens is 321 g/mol. The fourth-order valence-corrected chi connectivity index (χ4v) is 3.58. The quantitative estimate of drug-likeness (QED) is 0.506. The van der Waals surface area contributed by atoms with E-state index in [2.05, 4.69) is 36.5 Å². The van der Waals surface area contributed by atoms with Gasteiger partial charge in [0, 0.05) is 27.2 Å². The van der Waals surface area contributed by atoms with Crippen molar-refractivity contribution in [3.8, 4) is 0 Å². The van der Waals surface area contributed by atoms with Crippen LogP contribution in [0.2, 0.25) is 10.0 Å². The van der Waals surface area contributed by atoms with Crippen molar-refractivity contribution in [3.05, 3.63) is 63.6 Å². The Morgan fingerprint density at radius 1 is 1.00 bits per heavy atom. The van der Waals surface area contributed by atoms with Crippen LogP contribution in [0.1, 0.15) is 24.5 Å². The van der Waals surface area contributed by atoms with Crippen LogP contribution in [0.3, 0.4) is 0 Å². The van der Waals surface area contributed by atoms with Crippen LogP contribution in [0.15, 0.2) is 47.4 Å². The van der Waals surface area contributed by atoms with Gasteiger partial charge in [-0.25, -0.2) is 0 Å². The summed E-state index contributed by atoms with van der Waals surface area (Å²) in [7, 11) is 0. The molecule has 0 aliphatic rings. The molecule has 1 N–H and O–H groups in total. The molecule has 21 heavy (non-hydrogen) atoms. The average molecular weight is 340 g/mol. The SMILES string of the molecule is CCCNCc1ccc(SCc2c(Cl)cccc2Cl)cc1. The Morgan fingerprint density at radius 3 is 2.29 bits per heavy atom. The molecule has 0 saturated carbocycles. The van der Waals surface area contributed by atoms with E-state index in [1.165, 1.54) is 10.5 Å². The second-order valence-corrected chi connectivity index (χ2v) is 6.67. The van der Waals surface area contributed by atoms with E-state index in [9.17, 15) is 0 Å². The van der Waals surface area contributed by atoms with Crippen LogP contribution < -0.4 is 5.32 Å². The smallest absolute Gasteiger partial charge is 0.0461 e. The fourth-order valence-electron chi connectivity index (χ4n) is 1.94. The minimum Gasteiger partial charge on any atom is -0.313 e. The monoisotopic (exact) mass is 339 g/mol. The Morgan fingerprint density at radius 2 is 1.67 bits per heavy atom. The standard InChI is InChI=1S/C17H19Cl2NS/c1-2-10-20-11-13-6-8-14(9-7-13)21-12-15-16(18)4-3-5-17(15)19/h3-9,20H,2,10-12H2,1H3. The van der Waals surface area contributed by atoms with Gasteiger partial charge in [0.1, 0.15) is 0 Å². The van der Waals surface area contributed by atoms with Gasteiger partial charge in [0.25, 0.3) is 0 Å². The average Bonchev–Trinajstić information content (AvgIpc) is 2.48. The summed E-state index contributed by atoms with van der Waals surface area (Å²) in [5, 5.41) is 4.87. The normalized spacial score (nSPS) is 10.8. The predicted octanol–water partition coefficient (Wildman–Crippen LogP) is 5.79. The summed E-state index contributed by atoms with van der Waals surface area (Å²) in [6.07, 6.45) is 1.16. The molecule has 0 aliphatic heterocycles. The lowest BCUT2D eigenvalue weighted by molar-refractivity contribution is 0.675. The highest BCUT2D eigenvalue weighted by Gasteiger charge is 2.06. The van der Waals surface area contributed by atoms with Gasteiger partial charge in [0.05, 0.1) is 0 Å². The minimum absolute atomic E-state index is 0.732. The third kappa shape index (κ3) is 5.23. The lowest BCUT2D eigenvalue weighted by atomic mass is 10.2. The van der Waals surface area contributed by atoms with E-state index in [0.29, 0.717) is 0 Å². The van der Waals surface area contributed by atoms with Crippen LogP contribution in [0, 0.1) is 0 Å². The van der Waals surface area contributed by atoms with E-state index in [4.69, 9.17) is 23.2 Å². The number of rotatable bonds is 7. The van der Waals surface area contributed by atoms with Crippen molar-refractivity contribution in [1.82, 2.24) is 5.32 Å². The van der Waals surface area contributed by atoms with Crippen molar-refractivity contribution in [2.45, 2.75) is 30.5 Å². The van der Waals surface area contributed by atoms with Crippen molar-refractivity contribution in [3.63, 3.8) is 0 Å². The molecule has 0 aliphatic carbocycles. The number of hydrogen-bond acceptors (Lipinski definition) is 2. The molecule has 0 aromatic heterocycles. The number of benzene rings is 2. The highest BCUT2D eigenvalue weighted by molar-refractivity contribution is 7.98. The van der Waals surface area contributed by atoms with Gasteiger partial charge in [-0.2, -0.15) is 0 Å². The second-order valence-electron chi connectivity index (χ2n) is 4.81. The molecule has 0 atom stereocenters. The van der Waals surface area contributed by atoms with Gasteiger partial charge in [-0.15, -0.1) is 11.8 Å². The van der Waals surface area contributed by atoms with Crippen molar-refractivity contribution >= 4 is 35.0 Å². The van der Waals surface area contributed by atoms with Gasteiger partial charge in [-0.3, -0.25) is 0 Å². The molecule has 2 aromatic carbocycles. The highest BCUT2D eigenvalue weighted by atomic mass is 35.5. The maximum absolute atomic E-state index is 6.19. The van der Waals surface area contributed by atoms with Gasteiger partial charge >= 0.3 is 0 Å². The summed E-state index contributed by atoms with van der Waals surface area (Å²) >= 11 is 14.1. The largest absolute Gasteiger partial charge is 0.313 e. The summed E-state index contributed by atoms with van der Waals surface area (Å²) < 4.78 is 0. The summed E-state index contributed by atoms with van der Waals surface area (Å²) in [6.45, 7) is 4.16. The molecule has 0 saturated heterocycles. The zero-order valence-electron chi connectivity index (χ0n) is 12.0. The zero-order chi connectivity index (χ0) is 15.1. The molecular formula is C17H19Cl2NS. The second kappa shape index (κ2) is 8.70. The summed E-state index contributed by atoms with van der Waals surface area (Å²) in [5.74, 6) is 0.784. The third-order valence-electron chi connectivity index (χ3n) is 3.12. The van der Waals surface area contributed by atoms with Crippen molar-refractivity contribution < 1.29 is 0 Å². The maximum atomic E-state index is 6.19. The first-order valence-electron chi connectivity index (χ1n) is 7.06. The molecule has 2 aromatic rings. The Balaban J connectivity index is 1.92. The van der Waals surface area contributed by atoms with Gasteiger partial charge in [0.15, 0.2) is 0 Å². The Bertz CT molecular complexity index is 549. The molecule has 112 valence electrons. The third-order valence-corrected chi connectivity index (χ3v) is 4.87. The molecule has 0 radical (unpaired) electrons. The molecule has 0 amide bonds. The Labute approximate surface area is 141 Å². The Hall–Kier alpha value is -0.670. The van der Waals surface area contributed by atoms with Crippen LogP contribution in [-0.2, 0) is 12.3 Å². The molecule has 0 fully saturated rings. The van der Waals surface area contributed by atoms with E-state index < -0.39 is 0 Å². The Kier molecular flexibility index (Phi) is 6.91. The molecule has 1 nitrogen and oxygen atoms in total. The van der Waals surface area contributed by atoms with Crippen LogP contribution in [0.25, 0.3) is 0 Å². The van der Waals surface area contributed by atoms with Gasteiger partial charge in [-0.1, -0.05) is 48.3 Å². The molecule has 0 bridgehead atoms. The van der Waals surface area contributed by atoms with Crippen molar-refractivity contribution in [2.24, 2.45) is 0 Å². The summed E-state index contributed by atoms with van der Waals surface area (Å²) in [6, 6.07) is 14.3. The van der Waals surface area contributed by atoms with Crippen LogP contribution in [0.4, 0.5) is 0 Å². The number of nitrogens with one attached hydrogen (secondary N) is 1. The van der Waals surface area contributed by atoms with E-state index in [-0.39, 0.29) is 0 Å². The zero-order valence-corrected chi connectivity index (χ0v) is 14.4. The lowest BCUT2D eigenvalue weighted by Gasteiger charge is -2.08. The van der Waals surface area contributed by atoms with Crippen molar-refractivity contribution in [1.29, 1.82) is 0 Å². The summed E-state index contributed by atoms with van der Waals surface area (Å²) in [4.78, 5) is 1.23. The highest BCUT2D eigenvalue weighted by Crippen LogP contribution is 2.31. The van der Waals surface area contributed by atoms with Crippen molar-refractivity contribution in [2.75, 3.05) is 6.54 Å². The first-order valence-corrected chi connectivity index (χ1v) is 8.80. The number of thioether (sulfide) groups is 1. The minimum atomic E-state index is 0.732. The van der Waals surface area contributed by atoms with E-state index in [1.807, 2.05) is 18.2 Å². The first-order chi connectivity index (χ1) is 10.2. The first kappa shape index (κ1) is 16.7. The molecule has 0 heterocycles. The van der Waals surface area contributed by atoms with Gasteiger partial charge in [0.2, 0.25) is 0 Å². The van der Waals surface area contributed by atoms with E-state index in [0.717, 1.165) is 40.9 Å². The predicted molar refractivity (Wildman–Crippen MR) is 94.5 cm³/mol. The number of halogens is 2. The van der Waals surface area contributed by atoms with E-state index >= 15 is 0 Å². The van der Waals surface area contributed by atoms with Crippen LogP contribution in [-0.4, -0.2) is 6.54 Å². The summed E-state index contributed by atoms with van der Waals surface area (Å²) in [5.41, 5.74) is 2.31. The topological polar surface area (TPSA) is 12.0 Å². The molecule has 4 heteroatoms. The van der Waals surface area contributed by atoms with Gasteiger partial charge < -0.3 is 5.32 Å². The van der Waals surface area contributed by atoms with Gasteiger partial charge in [-0.05, 0) is 48.4 Å². The lowest BCUT2D eigenvalue weighted by Crippen LogP contribution is -2.13. The van der Waals surface area contributed by atoms with E-state index in [1.54, 1.807) is 11.8 Å². The molecule has 0 spiro atoms. The number of hydrogen-bond donors (Lipinski definition) is 1. The van der Waals surface area contributed by atoms with Crippen LogP contribution in [0.5, 0.6) is 0 Å². The fraction of sp³-hybridized carbons (Fsp3) is 0.294. The van der Waals surface area contributed by atoms with Crippen LogP contribution >= 0.6 is 35.0 Å². The molecule has 2 rings (SSSR count). The maximum Gasteiger partial charge on any atom is 0.0461 e. The molecule has 0 unspecified atom stereocenters.